The van der Waals surface area contributed by atoms with E-state index in [0.717, 1.165) is 0 Å². The summed E-state index contributed by atoms with van der Waals surface area (Å²) in [6, 6.07) is 19.5. The minimum Gasteiger partial charge on any atom is -0.375 e. The van der Waals surface area contributed by atoms with Crippen molar-refractivity contribution in [2.24, 2.45) is 0 Å². The Hall–Kier alpha value is -4.54. The van der Waals surface area contributed by atoms with Crippen molar-refractivity contribution < 1.29 is 28.7 Å². The van der Waals surface area contributed by atoms with E-state index in [2.05, 4.69) is 21.3 Å². The topological polar surface area (TPSA) is 135 Å². The van der Waals surface area contributed by atoms with Crippen molar-refractivity contribution in [2.75, 3.05) is 48.7 Å². The van der Waals surface area contributed by atoms with Gasteiger partial charge in [0, 0.05) is 48.1 Å². The molecule has 0 heterocycles. The first-order valence-electron chi connectivity index (χ1n) is 10.9. The lowest BCUT2D eigenvalue weighted by atomic mass is 10.1. The van der Waals surface area contributed by atoms with E-state index >= 15 is 0 Å². The average molecular weight is 491 g/mol. The van der Waals surface area contributed by atoms with Gasteiger partial charge in [0.25, 0.3) is 11.8 Å². The van der Waals surface area contributed by atoms with Crippen molar-refractivity contribution in [1.29, 1.82) is 0 Å². The van der Waals surface area contributed by atoms with E-state index in [1.807, 2.05) is 0 Å². The second-order valence-electron chi connectivity index (χ2n) is 7.60. The molecule has 0 radical (unpaired) electrons. The van der Waals surface area contributed by atoms with Gasteiger partial charge in [0.2, 0.25) is 11.8 Å². The van der Waals surface area contributed by atoms with Crippen molar-refractivity contribution in [3.05, 3.63) is 83.9 Å². The van der Waals surface area contributed by atoms with Crippen LogP contribution in [0.4, 0.5) is 22.7 Å². The summed E-state index contributed by atoms with van der Waals surface area (Å²) in [5, 5.41) is 10.9. The second-order valence-corrected chi connectivity index (χ2v) is 7.60. The minimum absolute atomic E-state index is 0.0479. The van der Waals surface area contributed by atoms with Gasteiger partial charge in [-0.3, -0.25) is 19.2 Å². The molecule has 3 aromatic carbocycles. The van der Waals surface area contributed by atoms with Gasteiger partial charge in [-0.05, 0) is 72.8 Å². The van der Waals surface area contributed by atoms with Crippen molar-refractivity contribution >= 4 is 46.4 Å². The molecule has 4 amide bonds. The summed E-state index contributed by atoms with van der Waals surface area (Å²) < 4.78 is 9.53. The maximum atomic E-state index is 12.5. The van der Waals surface area contributed by atoms with Crippen LogP contribution in [0.5, 0.6) is 0 Å². The van der Waals surface area contributed by atoms with Gasteiger partial charge in [0.15, 0.2) is 0 Å². The zero-order chi connectivity index (χ0) is 25.9. The number of benzene rings is 3. The Morgan fingerprint density at radius 1 is 0.500 bits per heavy atom. The first-order valence-corrected chi connectivity index (χ1v) is 10.9. The largest absolute Gasteiger partial charge is 0.375 e. The van der Waals surface area contributed by atoms with Gasteiger partial charge in [0.1, 0.15) is 13.2 Å². The number of hydrogen-bond acceptors (Lipinski definition) is 6. The quantitative estimate of drug-likeness (QED) is 0.344. The normalized spacial score (nSPS) is 10.3. The number of carbonyl (C=O) groups is 4. The predicted molar refractivity (Wildman–Crippen MR) is 136 cm³/mol. The molecule has 0 fully saturated rings. The van der Waals surface area contributed by atoms with Gasteiger partial charge < -0.3 is 30.7 Å². The number of anilines is 4. The van der Waals surface area contributed by atoms with Gasteiger partial charge in [0.05, 0.1) is 0 Å². The van der Waals surface area contributed by atoms with E-state index in [1.54, 1.807) is 72.8 Å². The lowest BCUT2D eigenvalue weighted by Gasteiger charge is -2.09. The first-order chi connectivity index (χ1) is 17.4. The van der Waals surface area contributed by atoms with Crippen LogP contribution in [-0.4, -0.2) is 51.1 Å². The molecule has 0 bridgehead atoms. The van der Waals surface area contributed by atoms with Gasteiger partial charge in [-0.15, -0.1) is 0 Å². The third-order valence-corrected chi connectivity index (χ3v) is 4.81. The smallest absolute Gasteiger partial charge is 0.255 e. The van der Waals surface area contributed by atoms with Crippen molar-refractivity contribution in [3.63, 3.8) is 0 Å². The van der Waals surface area contributed by atoms with Crippen LogP contribution < -0.4 is 21.3 Å². The van der Waals surface area contributed by atoms with Crippen molar-refractivity contribution in [2.45, 2.75) is 0 Å². The van der Waals surface area contributed by atoms with E-state index in [0.29, 0.717) is 33.9 Å². The first kappa shape index (κ1) is 26.1. The summed E-state index contributed by atoms with van der Waals surface area (Å²) >= 11 is 0. The van der Waals surface area contributed by atoms with Crippen LogP contribution in [0.1, 0.15) is 20.7 Å². The Labute approximate surface area is 208 Å². The molecule has 3 rings (SSSR count). The Balaban J connectivity index is 1.53. The summed E-state index contributed by atoms with van der Waals surface area (Å²) in [5.41, 5.74) is 3.01. The van der Waals surface area contributed by atoms with Gasteiger partial charge >= 0.3 is 0 Å². The maximum Gasteiger partial charge on any atom is 0.255 e. The average Bonchev–Trinajstić information content (AvgIpc) is 2.87. The fourth-order valence-electron chi connectivity index (χ4n) is 3.11. The summed E-state index contributed by atoms with van der Waals surface area (Å²) in [5.74, 6) is -1.24. The number of nitrogens with one attached hydrogen (secondary N) is 4. The van der Waals surface area contributed by atoms with Crippen LogP contribution in [0.3, 0.4) is 0 Å². The Morgan fingerprint density at radius 2 is 0.778 bits per heavy atom. The highest BCUT2D eigenvalue weighted by atomic mass is 16.5. The van der Waals surface area contributed by atoms with Crippen molar-refractivity contribution in [3.8, 4) is 0 Å². The molecule has 0 aromatic heterocycles. The fourth-order valence-corrected chi connectivity index (χ4v) is 3.11. The summed E-state index contributed by atoms with van der Waals surface area (Å²) in [6.07, 6.45) is 0. The number of methoxy groups -OCH3 is 2. The highest BCUT2D eigenvalue weighted by molar-refractivity contribution is 6.07. The Bertz CT molecular complexity index is 1110. The molecule has 0 atom stereocenters. The number of hydrogen-bond donors (Lipinski definition) is 4. The van der Waals surface area contributed by atoms with Crippen LogP contribution >= 0.6 is 0 Å². The highest BCUT2D eigenvalue weighted by Crippen LogP contribution is 2.17. The predicted octanol–water partition coefficient (Wildman–Crippen LogP) is 3.36. The Kier molecular flexibility index (Phi) is 9.26. The fraction of sp³-hybridized carbons (Fsp3) is 0.154. The van der Waals surface area contributed by atoms with E-state index in [-0.39, 0.29) is 36.8 Å². The van der Waals surface area contributed by atoms with Gasteiger partial charge in [-0.1, -0.05) is 0 Å². The number of ether oxygens (including phenoxy) is 2. The van der Waals surface area contributed by atoms with Crippen LogP contribution in [0, 0.1) is 0 Å². The maximum absolute atomic E-state index is 12.5. The molecule has 0 saturated carbocycles. The second kappa shape index (κ2) is 12.8. The molecule has 4 N–H and O–H groups in total. The van der Waals surface area contributed by atoms with Crippen LogP contribution in [0.2, 0.25) is 0 Å². The summed E-state index contributed by atoms with van der Waals surface area (Å²) in [6.45, 7) is -0.0957. The summed E-state index contributed by atoms with van der Waals surface area (Å²) in [7, 11) is 2.87. The number of amides is 4. The molecule has 10 heteroatoms. The molecule has 3 aromatic rings. The molecule has 0 aliphatic carbocycles. The lowest BCUT2D eigenvalue weighted by Crippen LogP contribution is -2.17. The Morgan fingerprint density at radius 3 is 1.06 bits per heavy atom. The molecule has 0 saturated heterocycles. The number of rotatable bonds is 10. The molecule has 0 aliphatic rings. The molecular weight excluding hydrogens is 464 g/mol. The van der Waals surface area contributed by atoms with E-state index < -0.39 is 0 Å². The zero-order valence-electron chi connectivity index (χ0n) is 19.8. The highest BCUT2D eigenvalue weighted by Gasteiger charge is 2.11. The molecule has 186 valence electrons. The molecule has 10 nitrogen and oxygen atoms in total. The zero-order valence-corrected chi connectivity index (χ0v) is 19.8. The third-order valence-electron chi connectivity index (χ3n) is 4.81. The van der Waals surface area contributed by atoms with Crippen molar-refractivity contribution in [1.82, 2.24) is 0 Å². The van der Waals surface area contributed by atoms with Crippen LogP contribution in [0.25, 0.3) is 0 Å². The molecule has 36 heavy (non-hydrogen) atoms. The van der Waals surface area contributed by atoms with Gasteiger partial charge in [-0.25, -0.2) is 0 Å². The monoisotopic (exact) mass is 490 g/mol. The van der Waals surface area contributed by atoms with Crippen LogP contribution in [-0.2, 0) is 19.1 Å². The SMILES string of the molecule is COCC(=O)Nc1ccc(NC(=O)c2ccc(C(=O)Nc3ccc(NC(=O)COC)cc3)cc2)cc1. The van der Waals surface area contributed by atoms with Crippen LogP contribution in [0.15, 0.2) is 72.8 Å². The summed E-state index contributed by atoms with van der Waals surface area (Å²) in [4.78, 5) is 48.2. The van der Waals surface area contributed by atoms with E-state index in [1.165, 1.54) is 14.2 Å². The standard InChI is InChI=1S/C26H26N4O6/c1-35-15-23(31)27-19-7-11-21(12-8-19)29-25(33)17-3-5-18(6-4-17)26(34)30-22-13-9-20(10-14-22)28-24(32)16-36-2/h3-14H,15-16H2,1-2H3,(H,27,31)(H,28,32)(H,29,33)(H,30,34). The van der Waals surface area contributed by atoms with E-state index in [9.17, 15) is 19.2 Å². The molecule has 0 spiro atoms. The molecular formula is C26H26N4O6. The molecule has 0 unspecified atom stereocenters. The van der Waals surface area contributed by atoms with Gasteiger partial charge in [-0.2, -0.15) is 0 Å². The molecule has 0 aliphatic heterocycles. The minimum atomic E-state index is -0.343. The van der Waals surface area contributed by atoms with E-state index in [4.69, 9.17) is 9.47 Å². The lowest BCUT2D eigenvalue weighted by molar-refractivity contribution is -0.120. The third kappa shape index (κ3) is 7.76. The number of carbonyl (C=O) groups excluding carboxylic acids is 4.